The van der Waals surface area contributed by atoms with Crippen molar-refractivity contribution in [2.24, 2.45) is 17.8 Å². The van der Waals surface area contributed by atoms with Gasteiger partial charge in [0.2, 0.25) is 11.8 Å². The zero-order valence-electron chi connectivity index (χ0n) is 24.6. The van der Waals surface area contributed by atoms with E-state index in [9.17, 15) is 19.5 Å². The monoisotopic (exact) mass is 585 g/mol. The molecule has 0 saturated carbocycles. The van der Waals surface area contributed by atoms with E-state index >= 15 is 0 Å². The minimum absolute atomic E-state index is 0.0567. The molecule has 7 nitrogen and oxygen atoms in total. The van der Waals surface area contributed by atoms with Crippen LogP contribution in [0.1, 0.15) is 30.5 Å². The number of aliphatic hydroxyl groups is 1. The van der Waals surface area contributed by atoms with Crippen molar-refractivity contribution in [1.82, 2.24) is 9.80 Å². The van der Waals surface area contributed by atoms with Gasteiger partial charge >= 0.3 is 0 Å². The second-order valence-corrected chi connectivity index (χ2v) is 13.8. The average Bonchev–Trinajstić information content (AvgIpc) is 3.28. The van der Waals surface area contributed by atoms with Crippen LogP contribution in [0.25, 0.3) is 0 Å². The molecule has 2 saturated heterocycles. The van der Waals surface area contributed by atoms with Gasteiger partial charge in [0.1, 0.15) is 6.04 Å². The molecule has 8 heteroatoms. The third-order valence-corrected chi connectivity index (χ3v) is 11.1. The van der Waals surface area contributed by atoms with E-state index in [4.69, 9.17) is 0 Å². The molecule has 4 aliphatic heterocycles. The molecule has 2 aromatic rings. The molecule has 4 aliphatic rings. The minimum Gasteiger partial charge on any atom is -0.394 e. The summed E-state index contributed by atoms with van der Waals surface area (Å²) in [4.78, 5) is 49.0. The van der Waals surface area contributed by atoms with E-state index in [-0.39, 0.29) is 35.5 Å². The van der Waals surface area contributed by atoms with Gasteiger partial charge in [-0.15, -0.1) is 11.8 Å². The van der Waals surface area contributed by atoms with Crippen molar-refractivity contribution >= 4 is 35.2 Å². The van der Waals surface area contributed by atoms with Gasteiger partial charge in [-0.05, 0) is 42.5 Å². The summed E-state index contributed by atoms with van der Waals surface area (Å²) in [5.41, 5.74) is 3.88. The van der Waals surface area contributed by atoms with Gasteiger partial charge in [-0.3, -0.25) is 14.4 Å². The maximum absolute atomic E-state index is 14.8. The Morgan fingerprint density at radius 1 is 0.976 bits per heavy atom. The Bertz CT molecular complexity index is 1460. The third-order valence-electron chi connectivity index (χ3n) is 9.37. The van der Waals surface area contributed by atoms with Gasteiger partial charge in [0.25, 0.3) is 5.91 Å². The molecule has 6 atom stereocenters. The van der Waals surface area contributed by atoms with Crippen LogP contribution in [0.15, 0.2) is 72.8 Å². The number of rotatable bonds is 6. The Balaban J connectivity index is 1.45. The number of amides is 3. The lowest BCUT2D eigenvalue weighted by Gasteiger charge is -2.40. The van der Waals surface area contributed by atoms with Gasteiger partial charge in [-0.2, -0.15) is 0 Å². The molecule has 4 heterocycles. The average molecular weight is 586 g/mol. The highest BCUT2D eigenvalue weighted by molar-refractivity contribution is 8.02. The fraction of sp³-hybridized carbons (Fsp3) is 0.441. The molecule has 0 radical (unpaired) electrons. The van der Waals surface area contributed by atoms with Crippen molar-refractivity contribution in [2.75, 3.05) is 24.6 Å². The summed E-state index contributed by atoms with van der Waals surface area (Å²) >= 11 is 1.58. The second kappa shape index (κ2) is 11.0. The van der Waals surface area contributed by atoms with Gasteiger partial charge in [-0.1, -0.05) is 80.6 Å². The quantitative estimate of drug-likeness (QED) is 0.516. The Morgan fingerprint density at radius 3 is 2.45 bits per heavy atom. The van der Waals surface area contributed by atoms with Gasteiger partial charge in [0.05, 0.1) is 29.2 Å². The van der Waals surface area contributed by atoms with Crippen molar-refractivity contribution in [1.29, 1.82) is 0 Å². The summed E-state index contributed by atoms with van der Waals surface area (Å²) < 4.78 is -0.923. The number of hydrogen-bond donors (Lipinski definition) is 1. The fourth-order valence-electron chi connectivity index (χ4n) is 7.28. The summed E-state index contributed by atoms with van der Waals surface area (Å²) in [6.07, 6.45) is 8.14. The first-order valence-electron chi connectivity index (χ1n) is 14.8. The van der Waals surface area contributed by atoms with Crippen LogP contribution in [0.2, 0.25) is 0 Å². The first kappa shape index (κ1) is 28.7. The molecule has 1 spiro atoms. The Kier molecular flexibility index (Phi) is 7.56. The zero-order valence-corrected chi connectivity index (χ0v) is 25.5. The van der Waals surface area contributed by atoms with Crippen LogP contribution in [0, 0.1) is 31.6 Å². The summed E-state index contributed by atoms with van der Waals surface area (Å²) in [6.45, 7) is 8.98. The molecule has 2 aromatic carbocycles. The standard InChI is InChI=1S/C34H39N3O4S/c1-21(2)26(20-38)37-30-33(41)36(25-18-22(3)13-14-23(25)4)17-9-15-34(30)29(32(37)40)28-27(42-34)12-8-16-35(31(28)39)19-24-10-6-5-7-11-24/h5-15,18,21,26-30,38H,16-17,19-20H2,1-4H3/t26-,27+,28-,29-,30?,34-/m0/s1. The summed E-state index contributed by atoms with van der Waals surface area (Å²) in [5.74, 6) is -1.82. The van der Waals surface area contributed by atoms with E-state index in [1.54, 1.807) is 21.6 Å². The van der Waals surface area contributed by atoms with Crippen molar-refractivity contribution in [3.8, 4) is 0 Å². The molecule has 0 bridgehead atoms. The van der Waals surface area contributed by atoms with E-state index in [1.807, 2.05) is 99.4 Å². The lowest BCUT2D eigenvalue weighted by molar-refractivity contribution is -0.145. The van der Waals surface area contributed by atoms with Crippen LogP contribution in [0.3, 0.4) is 0 Å². The molecule has 0 aliphatic carbocycles. The summed E-state index contributed by atoms with van der Waals surface area (Å²) in [6, 6.07) is 14.6. The second-order valence-electron chi connectivity index (χ2n) is 12.4. The largest absolute Gasteiger partial charge is 0.394 e. The Hall–Kier alpha value is -3.36. The minimum atomic E-state index is -0.923. The predicted octanol–water partition coefficient (Wildman–Crippen LogP) is 4.12. The number of carbonyl (C=O) groups excluding carboxylic acids is 3. The van der Waals surface area contributed by atoms with Gasteiger partial charge in [0, 0.05) is 30.6 Å². The number of likely N-dealkylation sites (tertiary alicyclic amines) is 1. The third kappa shape index (κ3) is 4.51. The summed E-state index contributed by atoms with van der Waals surface area (Å²) in [5, 5.41) is 10.3. The Labute approximate surface area is 252 Å². The Morgan fingerprint density at radius 2 is 1.74 bits per heavy atom. The lowest BCUT2D eigenvalue weighted by atomic mass is 9.78. The van der Waals surface area contributed by atoms with Gasteiger partial charge in [-0.25, -0.2) is 0 Å². The number of anilines is 1. The maximum Gasteiger partial charge on any atom is 0.251 e. The van der Waals surface area contributed by atoms with E-state index < -0.39 is 28.7 Å². The highest BCUT2D eigenvalue weighted by atomic mass is 32.2. The number of fused-ring (bicyclic) bond motifs is 2. The van der Waals surface area contributed by atoms with Gasteiger partial charge < -0.3 is 19.8 Å². The van der Waals surface area contributed by atoms with Crippen molar-refractivity contribution < 1.29 is 19.5 Å². The molecule has 220 valence electrons. The SMILES string of the molecule is Cc1ccc(C)c(N2CC=C[C@]34S[C@@H]5C=CCN(Cc6ccccc6)C(=O)[C@@H]5[C@H]3C(=O)N([C@@H](CO)C(C)C)C4C2=O)c1. The molecule has 2 fully saturated rings. The molecule has 1 unspecified atom stereocenters. The maximum atomic E-state index is 14.8. The molecule has 6 rings (SSSR count). The normalized spacial score (nSPS) is 29.5. The highest BCUT2D eigenvalue weighted by Gasteiger charge is 2.72. The highest BCUT2D eigenvalue weighted by Crippen LogP contribution is 2.61. The first-order valence-corrected chi connectivity index (χ1v) is 15.7. The van der Waals surface area contributed by atoms with Crippen LogP contribution >= 0.6 is 11.8 Å². The molecule has 0 aromatic heterocycles. The van der Waals surface area contributed by atoms with Crippen LogP contribution in [-0.2, 0) is 20.9 Å². The van der Waals surface area contributed by atoms with Gasteiger partial charge in [0.15, 0.2) is 0 Å². The van der Waals surface area contributed by atoms with E-state index in [0.717, 1.165) is 22.4 Å². The summed E-state index contributed by atoms with van der Waals surface area (Å²) in [7, 11) is 0. The van der Waals surface area contributed by atoms with Crippen LogP contribution < -0.4 is 4.90 Å². The predicted molar refractivity (Wildman–Crippen MR) is 166 cm³/mol. The molecule has 42 heavy (non-hydrogen) atoms. The molecule has 3 amide bonds. The lowest BCUT2D eigenvalue weighted by Crippen LogP contribution is -2.57. The number of aryl methyl sites for hydroxylation is 2. The van der Waals surface area contributed by atoms with E-state index in [2.05, 4.69) is 6.08 Å². The van der Waals surface area contributed by atoms with E-state index in [0.29, 0.717) is 19.6 Å². The molecule has 1 N–H and O–H groups in total. The number of hydrogen-bond acceptors (Lipinski definition) is 5. The molecular formula is C34H39N3O4S. The number of thioether (sulfide) groups is 1. The topological polar surface area (TPSA) is 81.2 Å². The van der Waals surface area contributed by atoms with E-state index in [1.165, 1.54) is 0 Å². The number of carbonyl (C=O) groups is 3. The number of nitrogens with zero attached hydrogens (tertiary/aromatic N) is 3. The number of aliphatic hydroxyl groups excluding tert-OH is 1. The van der Waals surface area contributed by atoms with Crippen LogP contribution in [-0.4, -0.2) is 74.4 Å². The van der Waals surface area contributed by atoms with Crippen molar-refractivity contribution in [3.63, 3.8) is 0 Å². The van der Waals surface area contributed by atoms with Crippen molar-refractivity contribution in [2.45, 2.75) is 56.3 Å². The van der Waals surface area contributed by atoms with Crippen LogP contribution in [0.5, 0.6) is 0 Å². The fourth-order valence-corrected chi connectivity index (χ4v) is 9.27. The first-order chi connectivity index (χ1) is 20.2. The molecular weight excluding hydrogens is 546 g/mol. The zero-order chi connectivity index (χ0) is 29.8. The van der Waals surface area contributed by atoms with Crippen LogP contribution in [0.4, 0.5) is 5.69 Å². The van der Waals surface area contributed by atoms with Crippen molar-refractivity contribution in [3.05, 3.63) is 89.5 Å². The number of benzene rings is 2. The smallest absolute Gasteiger partial charge is 0.251 e.